The molecule has 0 saturated heterocycles. The average Bonchev–Trinajstić information content (AvgIpc) is 3.12. The Labute approximate surface area is 139 Å². The van der Waals surface area contributed by atoms with E-state index in [0.717, 1.165) is 17.2 Å². The molecule has 122 valence electrons. The minimum atomic E-state index is -0.0918. The minimum absolute atomic E-state index is 0.0918. The maximum atomic E-state index is 6.00. The molecule has 2 heterocycles. The van der Waals surface area contributed by atoms with Gasteiger partial charge in [0.1, 0.15) is 6.61 Å². The molecule has 4 rings (SSSR count). The third-order valence-electron chi connectivity index (χ3n) is 3.84. The molecule has 0 unspecified atom stereocenters. The van der Waals surface area contributed by atoms with E-state index >= 15 is 0 Å². The highest BCUT2D eigenvalue weighted by Crippen LogP contribution is 2.31. The Morgan fingerprint density at radius 2 is 1.83 bits per heavy atom. The van der Waals surface area contributed by atoms with Crippen molar-refractivity contribution in [1.82, 2.24) is 20.2 Å². The van der Waals surface area contributed by atoms with Gasteiger partial charge in [-0.15, -0.1) is 0 Å². The van der Waals surface area contributed by atoms with Gasteiger partial charge in [-0.3, -0.25) is 0 Å². The molecule has 1 aliphatic rings. The first-order valence-corrected chi connectivity index (χ1v) is 7.75. The van der Waals surface area contributed by atoms with Crippen LogP contribution in [0, 0.1) is 0 Å². The lowest BCUT2D eigenvalue weighted by atomic mass is 10.2. The van der Waals surface area contributed by atoms with E-state index in [0.29, 0.717) is 19.1 Å². The number of benzene rings is 2. The summed E-state index contributed by atoms with van der Waals surface area (Å²) in [5.74, 6) is 2.21. The van der Waals surface area contributed by atoms with E-state index < -0.39 is 0 Å². The topological polar surface area (TPSA) is 65.3 Å². The van der Waals surface area contributed by atoms with E-state index in [4.69, 9.17) is 9.47 Å². The summed E-state index contributed by atoms with van der Waals surface area (Å²) in [6.45, 7) is 1.11. The van der Waals surface area contributed by atoms with Crippen LogP contribution in [0.1, 0.15) is 0 Å². The summed E-state index contributed by atoms with van der Waals surface area (Å²) < 4.78 is 13.5. The van der Waals surface area contributed by atoms with E-state index in [9.17, 15) is 0 Å². The fourth-order valence-electron chi connectivity index (χ4n) is 2.70. The van der Waals surface area contributed by atoms with Crippen molar-refractivity contribution in [1.29, 1.82) is 0 Å². The Kier molecular flexibility index (Phi) is 3.74. The first kappa shape index (κ1) is 14.5. The Hall–Kier alpha value is -3.09. The summed E-state index contributed by atoms with van der Waals surface area (Å²) in [5, 5.41) is 12.0. The number of hydrogen-bond donors (Lipinski definition) is 0. The standard InChI is InChI=1S/C17H17N5O2/c1-21(11-14-12-23-15-9-5-6-10-16(15)24-14)17-18-19-20-22(17)13-7-3-2-4-8-13/h2-10,14H,11-12H2,1H3/t14-/m1/s1. The van der Waals surface area contributed by atoms with E-state index in [1.54, 1.807) is 4.68 Å². The molecule has 2 aromatic carbocycles. The molecule has 0 bridgehead atoms. The van der Waals surface area contributed by atoms with E-state index in [1.165, 1.54) is 0 Å². The zero-order valence-corrected chi connectivity index (χ0v) is 13.2. The van der Waals surface area contributed by atoms with Crippen LogP contribution in [-0.2, 0) is 0 Å². The van der Waals surface area contributed by atoms with Gasteiger partial charge in [-0.05, 0) is 34.7 Å². The zero-order valence-electron chi connectivity index (χ0n) is 13.2. The van der Waals surface area contributed by atoms with Crippen molar-refractivity contribution in [2.24, 2.45) is 0 Å². The number of tetrazole rings is 1. The van der Waals surface area contributed by atoms with E-state index in [1.807, 2.05) is 66.5 Å². The van der Waals surface area contributed by atoms with Crippen LogP contribution >= 0.6 is 0 Å². The van der Waals surface area contributed by atoms with Gasteiger partial charge in [0.05, 0.1) is 12.2 Å². The summed E-state index contributed by atoms with van der Waals surface area (Å²) >= 11 is 0. The number of ether oxygens (including phenoxy) is 2. The molecule has 0 fully saturated rings. The fourth-order valence-corrected chi connectivity index (χ4v) is 2.70. The van der Waals surface area contributed by atoms with E-state index in [2.05, 4.69) is 15.5 Å². The Morgan fingerprint density at radius 1 is 1.08 bits per heavy atom. The molecule has 0 saturated carbocycles. The van der Waals surface area contributed by atoms with Crippen LogP contribution < -0.4 is 14.4 Å². The largest absolute Gasteiger partial charge is 0.486 e. The smallest absolute Gasteiger partial charge is 0.250 e. The normalized spacial score (nSPS) is 16.0. The molecular weight excluding hydrogens is 306 g/mol. The monoisotopic (exact) mass is 323 g/mol. The molecule has 3 aromatic rings. The highest BCUT2D eigenvalue weighted by atomic mass is 16.6. The Balaban J connectivity index is 1.50. The summed E-state index contributed by atoms with van der Waals surface area (Å²) in [4.78, 5) is 1.97. The maximum absolute atomic E-state index is 6.00. The van der Waals surface area contributed by atoms with Gasteiger partial charge in [0, 0.05) is 7.05 Å². The van der Waals surface area contributed by atoms with Crippen LogP contribution in [0.3, 0.4) is 0 Å². The van der Waals surface area contributed by atoms with Crippen LogP contribution in [0.4, 0.5) is 5.95 Å². The predicted molar refractivity (Wildman–Crippen MR) is 88.8 cm³/mol. The number of nitrogens with zero attached hydrogens (tertiary/aromatic N) is 5. The molecule has 7 heteroatoms. The lowest BCUT2D eigenvalue weighted by molar-refractivity contribution is 0.0958. The summed E-state index contributed by atoms with van der Waals surface area (Å²) in [6, 6.07) is 17.5. The number of fused-ring (bicyclic) bond motifs is 1. The zero-order chi connectivity index (χ0) is 16.4. The molecule has 0 N–H and O–H groups in total. The summed E-state index contributed by atoms with van der Waals surface area (Å²) in [7, 11) is 1.94. The summed E-state index contributed by atoms with van der Waals surface area (Å²) in [5.41, 5.74) is 0.913. The number of hydrogen-bond acceptors (Lipinski definition) is 6. The molecule has 0 aliphatic carbocycles. The van der Waals surface area contributed by atoms with Gasteiger partial charge in [-0.1, -0.05) is 35.4 Å². The number of likely N-dealkylation sites (N-methyl/N-ethyl adjacent to an activating group) is 1. The third kappa shape index (κ3) is 2.76. The van der Waals surface area contributed by atoms with Crippen molar-refractivity contribution in [3.8, 4) is 17.2 Å². The van der Waals surface area contributed by atoms with Crippen LogP contribution in [0.5, 0.6) is 11.5 Å². The highest BCUT2D eigenvalue weighted by Gasteiger charge is 2.24. The molecule has 7 nitrogen and oxygen atoms in total. The average molecular weight is 323 g/mol. The maximum Gasteiger partial charge on any atom is 0.250 e. The number of aromatic nitrogens is 4. The lowest BCUT2D eigenvalue weighted by Gasteiger charge is -2.29. The van der Waals surface area contributed by atoms with Gasteiger partial charge >= 0.3 is 0 Å². The van der Waals surface area contributed by atoms with Crippen molar-refractivity contribution in [3.63, 3.8) is 0 Å². The third-order valence-corrected chi connectivity index (χ3v) is 3.84. The van der Waals surface area contributed by atoms with Gasteiger partial charge < -0.3 is 14.4 Å². The van der Waals surface area contributed by atoms with Crippen molar-refractivity contribution in [3.05, 3.63) is 54.6 Å². The SMILES string of the molecule is CN(C[C@@H]1COc2ccccc2O1)c1nnnn1-c1ccccc1. The van der Waals surface area contributed by atoms with Gasteiger partial charge in [0.2, 0.25) is 5.95 Å². The van der Waals surface area contributed by atoms with Gasteiger partial charge in [-0.25, -0.2) is 0 Å². The molecule has 24 heavy (non-hydrogen) atoms. The van der Waals surface area contributed by atoms with Crippen molar-refractivity contribution in [2.75, 3.05) is 25.1 Å². The first-order chi connectivity index (χ1) is 11.8. The second-order valence-corrected chi connectivity index (χ2v) is 5.60. The molecule has 0 amide bonds. The Bertz CT molecular complexity index is 821. The van der Waals surface area contributed by atoms with Gasteiger partial charge in [0.25, 0.3) is 0 Å². The predicted octanol–water partition coefficient (Wildman–Crippen LogP) is 1.94. The lowest BCUT2D eigenvalue weighted by Crippen LogP contribution is -2.40. The molecule has 1 aliphatic heterocycles. The molecule has 0 spiro atoms. The Morgan fingerprint density at radius 3 is 2.67 bits per heavy atom. The highest BCUT2D eigenvalue weighted by molar-refractivity contribution is 5.42. The van der Waals surface area contributed by atoms with Crippen LogP contribution in [0.15, 0.2) is 54.6 Å². The van der Waals surface area contributed by atoms with Gasteiger partial charge in [0.15, 0.2) is 17.6 Å². The van der Waals surface area contributed by atoms with Crippen molar-refractivity contribution in [2.45, 2.75) is 6.10 Å². The molecule has 1 atom stereocenters. The summed E-state index contributed by atoms with van der Waals surface area (Å²) in [6.07, 6.45) is -0.0918. The second-order valence-electron chi connectivity index (χ2n) is 5.60. The molecular formula is C17H17N5O2. The second kappa shape index (κ2) is 6.19. The first-order valence-electron chi connectivity index (χ1n) is 7.75. The minimum Gasteiger partial charge on any atom is -0.486 e. The van der Waals surface area contributed by atoms with Crippen LogP contribution in [-0.4, -0.2) is 46.5 Å². The molecule has 1 aromatic heterocycles. The molecule has 0 radical (unpaired) electrons. The quantitative estimate of drug-likeness (QED) is 0.731. The number of para-hydroxylation sites is 3. The van der Waals surface area contributed by atoms with Crippen LogP contribution in [0.2, 0.25) is 0 Å². The fraction of sp³-hybridized carbons (Fsp3) is 0.235. The van der Waals surface area contributed by atoms with Crippen molar-refractivity contribution >= 4 is 5.95 Å². The number of rotatable bonds is 4. The van der Waals surface area contributed by atoms with Crippen LogP contribution in [0.25, 0.3) is 5.69 Å². The number of anilines is 1. The van der Waals surface area contributed by atoms with E-state index in [-0.39, 0.29) is 6.10 Å². The van der Waals surface area contributed by atoms with Crippen molar-refractivity contribution < 1.29 is 9.47 Å². The van der Waals surface area contributed by atoms with Gasteiger partial charge in [-0.2, -0.15) is 4.68 Å².